The van der Waals surface area contributed by atoms with E-state index in [0.717, 1.165) is 27.5 Å². The van der Waals surface area contributed by atoms with Crippen LogP contribution in [0, 0.1) is 0 Å². The monoisotopic (exact) mass is 830 g/mol. The highest BCUT2D eigenvalue weighted by Crippen LogP contribution is 2.34. The molecular formula is C44H58N6O6S2. The fourth-order valence-electron chi connectivity index (χ4n) is 7.48. The second-order valence-electron chi connectivity index (χ2n) is 15.1. The number of rotatable bonds is 4. The number of nitrogens with zero attached hydrogens (tertiary/aromatic N) is 6. The lowest BCUT2D eigenvalue weighted by Crippen LogP contribution is -2.54. The molecular weight excluding hydrogens is 773 g/mol. The molecule has 58 heavy (non-hydrogen) atoms. The van der Waals surface area contributed by atoms with Crippen LogP contribution in [0.5, 0.6) is 23.0 Å². The van der Waals surface area contributed by atoms with Gasteiger partial charge in [-0.1, -0.05) is 30.3 Å². The van der Waals surface area contributed by atoms with E-state index in [-0.39, 0.29) is 23.8 Å². The summed E-state index contributed by atoms with van der Waals surface area (Å²) in [5.74, 6) is 1.94. The minimum absolute atomic E-state index is 0.0739. The summed E-state index contributed by atoms with van der Waals surface area (Å²) >= 11 is 2.91. The first kappa shape index (κ1) is 44.6. The van der Waals surface area contributed by atoms with Gasteiger partial charge in [0.25, 0.3) is 0 Å². The highest BCUT2D eigenvalue weighted by molar-refractivity contribution is 8.13. The third-order valence-corrected chi connectivity index (χ3v) is 12.7. The largest absolute Gasteiger partial charge is 0.497 e. The lowest BCUT2D eigenvalue weighted by molar-refractivity contribution is -0.144. The Labute approximate surface area is 352 Å². The number of likely N-dealkylation sites (N-methyl/N-ethyl adjacent to an activating group) is 4. The number of benzene rings is 3. The van der Waals surface area contributed by atoms with E-state index in [0.29, 0.717) is 48.1 Å². The summed E-state index contributed by atoms with van der Waals surface area (Å²) in [5, 5.41) is 1.40. The molecule has 3 amide bonds. The van der Waals surface area contributed by atoms with Crippen molar-refractivity contribution in [1.82, 2.24) is 19.6 Å². The van der Waals surface area contributed by atoms with Crippen LogP contribution in [0.3, 0.4) is 0 Å². The van der Waals surface area contributed by atoms with E-state index in [9.17, 15) is 9.59 Å². The molecule has 0 saturated carbocycles. The molecule has 3 aliphatic rings. The molecule has 6 bridgehead atoms. The zero-order valence-electron chi connectivity index (χ0n) is 35.6. The van der Waals surface area contributed by atoms with Gasteiger partial charge in [0.05, 0.1) is 48.5 Å². The molecule has 12 nitrogen and oxygen atoms in total. The summed E-state index contributed by atoms with van der Waals surface area (Å²) < 4.78 is 17.4. The first-order valence-electron chi connectivity index (χ1n) is 19.5. The molecule has 0 unspecified atom stereocenters. The molecule has 312 valence electrons. The minimum Gasteiger partial charge on any atom is -0.497 e. The molecule has 0 spiro atoms. The number of hydrogen-bond acceptors (Lipinski definition) is 11. The van der Waals surface area contributed by atoms with Gasteiger partial charge < -0.3 is 28.9 Å². The van der Waals surface area contributed by atoms with E-state index in [1.165, 1.54) is 28.4 Å². The van der Waals surface area contributed by atoms with Crippen LogP contribution in [0.1, 0.15) is 37.5 Å². The molecule has 3 aliphatic heterocycles. The Bertz CT molecular complexity index is 1980. The molecule has 3 aromatic carbocycles. The summed E-state index contributed by atoms with van der Waals surface area (Å²) in [4.78, 5) is 60.9. The Balaban J connectivity index is 1.66. The van der Waals surface area contributed by atoms with Gasteiger partial charge in [0, 0.05) is 27.7 Å². The first-order valence-corrected chi connectivity index (χ1v) is 21.9. The minimum atomic E-state index is -0.839. The second-order valence-corrected chi connectivity index (χ2v) is 16.7. The molecule has 6 rings (SSSR count). The number of carbonyl (C=O) groups is 3. The maximum atomic E-state index is 15.0. The van der Waals surface area contributed by atoms with Crippen LogP contribution in [0.15, 0.2) is 76.7 Å². The third kappa shape index (κ3) is 10.4. The lowest BCUT2D eigenvalue weighted by atomic mass is 9.99. The fraction of sp³-hybridized carbons (Fsp3) is 0.477. The van der Waals surface area contributed by atoms with E-state index in [2.05, 4.69) is 4.90 Å². The Morgan fingerprint density at radius 1 is 0.707 bits per heavy atom. The molecule has 0 saturated heterocycles. The number of ether oxygens (including phenoxy) is 3. The van der Waals surface area contributed by atoms with Crippen LogP contribution < -0.4 is 14.2 Å². The molecule has 0 radical (unpaired) electrons. The third-order valence-electron chi connectivity index (χ3n) is 11.1. The van der Waals surface area contributed by atoms with Gasteiger partial charge in [0.2, 0.25) is 17.7 Å². The summed E-state index contributed by atoms with van der Waals surface area (Å²) in [6.45, 7) is 6.01. The van der Waals surface area contributed by atoms with Gasteiger partial charge in [-0.3, -0.25) is 29.3 Å². The average Bonchev–Trinajstić information content (AvgIpc) is 3.23. The van der Waals surface area contributed by atoms with Gasteiger partial charge in [-0.25, -0.2) is 0 Å². The van der Waals surface area contributed by atoms with Crippen molar-refractivity contribution in [2.45, 2.75) is 76.3 Å². The van der Waals surface area contributed by atoms with Crippen LogP contribution in [-0.2, 0) is 33.6 Å². The predicted octanol–water partition coefficient (Wildman–Crippen LogP) is 5.95. The summed E-state index contributed by atoms with van der Waals surface area (Å²) in [6.07, 6.45) is 5.22. The smallest absolute Gasteiger partial charge is 0.247 e. The molecule has 3 heterocycles. The maximum absolute atomic E-state index is 15.0. The van der Waals surface area contributed by atoms with Gasteiger partial charge >= 0.3 is 0 Å². The zero-order valence-corrected chi connectivity index (χ0v) is 37.2. The second kappa shape index (κ2) is 20.0. The number of carbonyl (C=O) groups excluding carboxylic acids is 3. The van der Waals surface area contributed by atoms with Crippen LogP contribution in [0.2, 0.25) is 0 Å². The van der Waals surface area contributed by atoms with Crippen molar-refractivity contribution in [2.75, 3.05) is 61.5 Å². The van der Waals surface area contributed by atoms with Gasteiger partial charge in [-0.05, 0) is 113 Å². The highest BCUT2D eigenvalue weighted by atomic mass is 32.2. The summed E-state index contributed by atoms with van der Waals surface area (Å²) in [5.41, 5.74) is 2.88. The lowest BCUT2D eigenvalue weighted by Gasteiger charge is -2.37. The average molecular weight is 831 g/mol. The normalized spacial score (nSPS) is 24.4. The van der Waals surface area contributed by atoms with Crippen molar-refractivity contribution in [3.05, 3.63) is 83.4 Å². The topological polar surface area (TPSA) is 117 Å². The predicted molar refractivity (Wildman–Crippen MR) is 236 cm³/mol. The molecule has 0 fully saturated rings. The number of aliphatic imine (C=N–C) groups is 2. The standard InChI is InChI=1S/C44H58N6O6S2/c1-27-26-47(4)37-23-31-14-19-34(20-15-31)56-39-25-32(16-21-38(39)55-9)24-36(50(7)44(37)53)41(58-11)46-28(2)42(51)48(5)29(3)43(52)49(6)35(40(45-27)57-10)22-30-12-17-33(54-8)18-13-30/h12-21,25,27-29,35-37H,22-24,26H2,1-11H3/t27-,28+,29-,35-,36-,37-/m0/s1. The number of hydrogen-bond donors (Lipinski definition) is 0. The Kier molecular flexibility index (Phi) is 15.3. The number of thioether (sulfide) groups is 2. The highest BCUT2D eigenvalue weighted by Gasteiger charge is 2.36. The Morgan fingerprint density at radius 2 is 1.34 bits per heavy atom. The van der Waals surface area contributed by atoms with Crippen molar-refractivity contribution in [1.29, 1.82) is 0 Å². The van der Waals surface area contributed by atoms with Gasteiger partial charge in [0.1, 0.15) is 23.6 Å². The van der Waals surface area contributed by atoms with E-state index < -0.39 is 30.2 Å². The number of fused-ring (bicyclic) bond motifs is 2. The Hall–Kier alpha value is -4.53. The molecule has 14 heteroatoms. The molecule has 0 N–H and O–H groups in total. The Morgan fingerprint density at radius 3 is 1.97 bits per heavy atom. The van der Waals surface area contributed by atoms with Crippen molar-refractivity contribution < 1.29 is 28.6 Å². The SMILES string of the molecule is COc1ccc(C[C@H]2C(SC)=N[C@@H](C)CN(C)[C@H]3Cc4ccc(cc4)Oc4cc(ccc4OC)C[C@@H](C(SC)=N[C@H](C)C(=O)N(C)[C@@H](C)C(=O)N2C)N(C)C3=O)cc1. The summed E-state index contributed by atoms with van der Waals surface area (Å²) in [7, 11) is 10.5. The molecule has 6 atom stereocenters. The van der Waals surface area contributed by atoms with Crippen LogP contribution in [0.25, 0.3) is 0 Å². The van der Waals surface area contributed by atoms with Crippen LogP contribution in [0.4, 0.5) is 0 Å². The fourth-order valence-corrected chi connectivity index (χ4v) is 9.05. The van der Waals surface area contributed by atoms with E-state index in [1.54, 1.807) is 52.0 Å². The van der Waals surface area contributed by atoms with Crippen molar-refractivity contribution in [3.8, 4) is 23.0 Å². The van der Waals surface area contributed by atoms with E-state index in [1.807, 2.05) is 100 Å². The van der Waals surface area contributed by atoms with E-state index in [4.69, 9.17) is 24.2 Å². The van der Waals surface area contributed by atoms with Gasteiger partial charge in [-0.2, -0.15) is 0 Å². The van der Waals surface area contributed by atoms with Gasteiger partial charge in [0.15, 0.2) is 11.5 Å². The van der Waals surface area contributed by atoms with Crippen molar-refractivity contribution in [3.63, 3.8) is 0 Å². The molecule has 0 aliphatic carbocycles. The number of amides is 3. The number of methoxy groups -OCH3 is 2. The molecule has 0 aromatic heterocycles. The van der Waals surface area contributed by atoms with Crippen molar-refractivity contribution in [2.24, 2.45) is 9.98 Å². The quantitative estimate of drug-likeness (QED) is 0.315. The molecule has 3 aromatic rings. The van der Waals surface area contributed by atoms with Gasteiger partial charge in [-0.15, -0.1) is 23.5 Å². The zero-order chi connectivity index (χ0) is 42.3. The van der Waals surface area contributed by atoms with Crippen molar-refractivity contribution >= 4 is 51.3 Å². The summed E-state index contributed by atoms with van der Waals surface area (Å²) in [6, 6.07) is 18.0. The maximum Gasteiger partial charge on any atom is 0.247 e. The van der Waals surface area contributed by atoms with E-state index >= 15 is 4.79 Å². The van der Waals surface area contributed by atoms with Crippen LogP contribution in [-0.4, -0.2) is 145 Å². The first-order chi connectivity index (χ1) is 27.7. The van der Waals surface area contributed by atoms with Crippen LogP contribution >= 0.6 is 23.5 Å².